The van der Waals surface area contributed by atoms with Gasteiger partial charge in [-0.15, -0.1) is 0 Å². The summed E-state index contributed by atoms with van der Waals surface area (Å²) in [6, 6.07) is 0. The summed E-state index contributed by atoms with van der Waals surface area (Å²) in [4.78, 5) is 11.7. The van der Waals surface area contributed by atoms with Crippen LogP contribution in [0.25, 0.3) is 0 Å². The first-order chi connectivity index (χ1) is 7.74. The van der Waals surface area contributed by atoms with E-state index in [1.165, 1.54) is 44.8 Å². The zero-order chi connectivity index (χ0) is 11.5. The van der Waals surface area contributed by atoms with Crippen LogP contribution in [-0.2, 0) is 9.53 Å². The third-order valence-electron chi connectivity index (χ3n) is 3.49. The van der Waals surface area contributed by atoms with Gasteiger partial charge >= 0.3 is 5.97 Å². The van der Waals surface area contributed by atoms with Crippen molar-refractivity contribution in [3.05, 3.63) is 23.3 Å². The first-order valence-corrected chi connectivity index (χ1v) is 7.13. The van der Waals surface area contributed by atoms with E-state index < -0.39 is 0 Å². The van der Waals surface area contributed by atoms with Crippen molar-refractivity contribution in [2.24, 2.45) is 5.92 Å². The standard InChI is InChI=1S/C13H17IO2/c1-16-13(15)10-7-8-11(14)12(10)9-5-3-2-4-6-9/h7-9,11H,2-6H2,1H3. The molecule has 88 valence electrons. The number of carbonyl (C=O) groups excluding carboxylic acids is 1. The molecular weight excluding hydrogens is 315 g/mol. The molecule has 2 rings (SSSR count). The summed E-state index contributed by atoms with van der Waals surface area (Å²) in [5, 5.41) is 0. The molecule has 1 saturated carbocycles. The lowest BCUT2D eigenvalue weighted by Gasteiger charge is -2.25. The minimum atomic E-state index is -0.170. The Kier molecular flexibility index (Phi) is 4.05. The normalized spacial score (nSPS) is 26.2. The molecule has 0 aromatic carbocycles. The molecular formula is C13H17IO2. The zero-order valence-electron chi connectivity index (χ0n) is 9.54. The predicted molar refractivity (Wildman–Crippen MR) is 72.6 cm³/mol. The number of esters is 1. The molecule has 16 heavy (non-hydrogen) atoms. The Morgan fingerprint density at radius 3 is 2.69 bits per heavy atom. The Balaban J connectivity index is 2.23. The maximum atomic E-state index is 11.7. The fourth-order valence-electron chi connectivity index (χ4n) is 2.68. The Bertz CT molecular complexity index is 338. The smallest absolute Gasteiger partial charge is 0.337 e. The van der Waals surface area contributed by atoms with Crippen LogP contribution < -0.4 is 0 Å². The van der Waals surface area contributed by atoms with E-state index in [4.69, 9.17) is 4.74 Å². The van der Waals surface area contributed by atoms with Crippen molar-refractivity contribution < 1.29 is 9.53 Å². The van der Waals surface area contributed by atoms with Crippen LogP contribution in [0.2, 0.25) is 0 Å². The molecule has 0 bridgehead atoms. The highest BCUT2D eigenvalue weighted by Gasteiger charge is 2.30. The molecule has 2 aliphatic carbocycles. The van der Waals surface area contributed by atoms with Gasteiger partial charge in [0.05, 0.1) is 16.6 Å². The number of rotatable bonds is 2. The SMILES string of the molecule is COC(=O)C1=C(C2CCCCC2)C(I)C=C1. The summed E-state index contributed by atoms with van der Waals surface area (Å²) in [5.74, 6) is 0.427. The van der Waals surface area contributed by atoms with E-state index in [1.54, 1.807) is 0 Å². The summed E-state index contributed by atoms with van der Waals surface area (Å²) in [6.45, 7) is 0. The average molecular weight is 332 g/mol. The van der Waals surface area contributed by atoms with Crippen LogP contribution in [0.5, 0.6) is 0 Å². The molecule has 0 spiro atoms. The highest BCUT2D eigenvalue weighted by Crippen LogP contribution is 2.39. The van der Waals surface area contributed by atoms with Gasteiger partial charge < -0.3 is 4.74 Å². The molecule has 2 aliphatic rings. The maximum absolute atomic E-state index is 11.7. The number of hydrogen-bond donors (Lipinski definition) is 0. The van der Waals surface area contributed by atoms with Gasteiger partial charge in [-0.05, 0) is 24.3 Å². The van der Waals surface area contributed by atoms with Crippen LogP contribution in [0, 0.1) is 5.92 Å². The van der Waals surface area contributed by atoms with E-state index in [9.17, 15) is 4.79 Å². The monoisotopic (exact) mass is 332 g/mol. The number of hydrogen-bond acceptors (Lipinski definition) is 2. The van der Waals surface area contributed by atoms with Crippen molar-refractivity contribution >= 4 is 28.6 Å². The summed E-state index contributed by atoms with van der Waals surface area (Å²) in [7, 11) is 1.46. The highest BCUT2D eigenvalue weighted by molar-refractivity contribution is 14.1. The average Bonchev–Trinajstić information content (AvgIpc) is 2.71. The van der Waals surface area contributed by atoms with Gasteiger partial charge in [-0.25, -0.2) is 4.79 Å². The number of allylic oxidation sites excluding steroid dienone is 2. The Labute approximate surface area is 110 Å². The summed E-state index contributed by atoms with van der Waals surface area (Å²) >= 11 is 2.41. The van der Waals surface area contributed by atoms with Gasteiger partial charge in [-0.2, -0.15) is 0 Å². The number of carbonyl (C=O) groups is 1. The Hall–Kier alpha value is -0.320. The van der Waals surface area contributed by atoms with E-state index in [2.05, 4.69) is 28.7 Å². The van der Waals surface area contributed by atoms with Gasteiger partial charge in [0, 0.05) is 0 Å². The van der Waals surface area contributed by atoms with Crippen LogP contribution in [0.1, 0.15) is 32.1 Å². The van der Waals surface area contributed by atoms with Crippen LogP contribution in [0.4, 0.5) is 0 Å². The van der Waals surface area contributed by atoms with Crippen molar-refractivity contribution in [3.8, 4) is 0 Å². The largest absolute Gasteiger partial charge is 0.465 e. The van der Waals surface area contributed by atoms with Gasteiger partial charge in [0.2, 0.25) is 0 Å². The number of halogens is 1. The van der Waals surface area contributed by atoms with E-state index in [0.717, 1.165) is 5.57 Å². The summed E-state index contributed by atoms with van der Waals surface area (Å²) in [6.07, 6.45) is 10.5. The van der Waals surface area contributed by atoms with Gasteiger partial charge in [0.25, 0.3) is 0 Å². The predicted octanol–water partition coefficient (Wildman–Crippen LogP) is 3.41. The van der Waals surface area contributed by atoms with Crippen molar-refractivity contribution in [1.29, 1.82) is 0 Å². The van der Waals surface area contributed by atoms with Crippen LogP contribution >= 0.6 is 22.6 Å². The molecule has 0 saturated heterocycles. The maximum Gasteiger partial charge on any atom is 0.337 e. The molecule has 3 heteroatoms. The Morgan fingerprint density at radius 1 is 1.38 bits per heavy atom. The fraction of sp³-hybridized carbons (Fsp3) is 0.615. The molecule has 0 aromatic rings. The number of alkyl halides is 1. The zero-order valence-corrected chi connectivity index (χ0v) is 11.7. The summed E-state index contributed by atoms with van der Waals surface area (Å²) < 4.78 is 5.24. The molecule has 0 heterocycles. The van der Waals surface area contributed by atoms with Crippen molar-refractivity contribution in [2.45, 2.75) is 36.0 Å². The van der Waals surface area contributed by atoms with Gasteiger partial charge in [-0.1, -0.05) is 54.0 Å². The van der Waals surface area contributed by atoms with E-state index in [-0.39, 0.29) is 5.97 Å². The Morgan fingerprint density at radius 2 is 2.06 bits per heavy atom. The van der Waals surface area contributed by atoms with Crippen LogP contribution in [-0.4, -0.2) is 17.0 Å². The minimum absolute atomic E-state index is 0.170. The lowest BCUT2D eigenvalue weighted by atomic mass is 9.82. The molecule has 1 unspecified atom stereocenters. The third kappa shape index (κ3) is 2.34. The first kappa shape index (κ1) is 12.1. The second kappa shape index (κ2) is 5.34. The van der Waals surface area contributed by atoms with E-state index in [1.807, 2.05) is 6.08 Å². The number of methoxy groups -OCH3 is 1. The van der Waals surface area contributed by atoms with Crippen LogP contribution in [0.15, 0.2) is 23.3 Å². The molecule has 1 fully saturated rings. The van der Waals surface area contributed by atoms with Gasteiger partial charge in [-0.3, -0.25) is 0 Å². The first-order valence-electron chi connectivity index (χ1n) is 5.88. The molecule has 1 atom stereocenters. The molecule has 0 radical (unpaired) electrons. The van der Waals surface area contributed by atoms with E-state index in [0.29, 0.717) is 9.84 Å². The molecule has 0 N–H and O–H groups in total. The van der Waals surface area contributed by atoms with E-state index >= 15 is 0 Å². The number of ether oxygens (including phenoxy) is 1. The quantitative estimate of drug-likeness (QED) is 0.440. The van der Waals surface area contributed by atoms with Crippen molar-refractivity contribution in [1.82, 2.24) is 0 Å². The molecule has 0 aromatic heterocycles. The molecule has 2 nitrogen and oxygen atoms in total. The van der Waals surface area contributed by atoms with Gasteiger partial charge in [0.1, 0.15) is 0 Å². The van der Waals surface area contributed by atoms with Crippen molar-refractivity contribution in [3.63, 3.8) is 0 Å². The topological polar surface area (TPSA) is 26.3 Å². The van der Waals surface area contributed by atoms with Crippen LogP contribution in [0.3, 0.4) is 0 Å². The van der Waals surface area contributed by atoms with Crippen molar-refractivity contribution in [2.75, 3.05) is 7.11 Å². The second-order valence-corrected chi connectivity index (χ2v) is 5.80. The fourth-order valence-corrected chi connectivity index (χ4v) is 3.74. The van der Waals surface area contributed by atoms with Gasteiger partial charge in [0.15, 0.2) is 0 Å². The lowest BCUT2D eigenvalue weighted by molar-refractivity contribution is -0.135. The lowest BCUT2D eigenvalue weighted by Crippen LogP contribution is -2.17. The third-order valence-corrected chi connectivity index (χ3v) is 4.58. The minimum Gasteiger partial charge on any atom is -0.465 e. The highest BCUT2D eigenvalue weighted by atomic mass is 127. The second-order valence-electron chi connectivity index (χ2n) is 4.46. The molecule has 0 amide bonds. The molecule has 0 aliphatic heterocycles. The summed E-state index contributed by atoms with van der Waals surface area (Å²) in [5.41, 5.74) is 2.13.